The average Bonchev–Trinajstić information content (AvgIpc) is 2.85. The third kappa shape index (κ3) is 3.85. The summed E-state index contributed by atoms with van der Waals surface area (Å²) in [6.07, 6.45) is 3.95. The molecule has 0 saturated heterocycles. The lowest BCUT2D eigenvalue weighted by molar-refractivity contribution is 0.0929. The highest BCUT2D eigenvalue weighted by Crippen LogP contribution is 2.25. The van der Waals surface area contributed by atoms with Gasteiger partial charge in [0.15, 0.2) is 0 Å². The lowest BCUT2D eigenvalue weighted by Gasteiger charge is -2.17. The number of benzene rings is 1. The lowest BCUT2D eigenvalue weighted by atomic mass is 10.1. The molecule has 0 radical (unpaired) electrons. The summed E-state index contributed by atoms with van der Waals surface area (Å²) >= 11 is 0. The van der Waals surface area contributed by atoms with E-state index in [2.05, 4.69) is 24.1 Å². The molecule has 0 spiro atoms. The zero-order valence-corrected chi connectivity index (χ0v) is 11.9. The highest BCUT2D eigenvalue weighted by Gasteiger charge is 2.24. The van der Waals surface area contributed by atoms with Gasteiger partial charge in [-0.15, -0.1) is 0 Å². The molecule has 1 amide bonds. The van der Waals surface area contributed by atoms with Gasteiger partial charge in [-0.2, -0.15) is 0 Å². The second kappa shape index (κ2) is 7.12. The van der Waals surface area contributed by atoms with Crippen LogP contribution in [0.25, 0.3) is 0 Å². The first kappa shape index (κ1) is 14.6. The molecule has 1 aromatic carbocycles. The number of hydrogen-bond donors (Lipinski definition) is 2. The summed E-state index contributed by atoms with van der Waals surface area (Å²) in [5.41, 5.74) is 1.54. The average molecular weight is 271 g/mol. The van der Waals surface area contributed by atoms with Gasteiger partial charge in [0.1, 0.15) is 0 Å². The predicted molar refractivity (Wildman–Crippen MR) is 79.3 cm³/mol. The van der Waals surface area contributed by atoms with Gasteiger partial charge in [-0.1, -0.05) is 25.2 Å². The van der Waals surface area contributed by atoms with Crippen molar-refractivity contribution in [1.82, 2.24) is 5.32 Å². The Balaban J connectivity index is 1.95. The smallest absolute Gasteiger partial charge is 0.251 e. The summed E-state index contributed by atoms with van der Waals surface area (Å²) in [7, 11) is 0. The molecule has 1 fully saturated rings. The quantitative estimate of drug-likeness (QED) is 0.829. The first-order chi connectivity index (χ1) is 9.70. The molecule has 0 aromatic heterocycles. The summed E-state index contributed by atoms with van der Waals surface area (Å²) in [4.78, 5) is 12.1. The third-order valence-electron chi connectivity index (χ3n) is 3.79. The van der Waals surface area contributed by atoms with E-state index in [0.717, 1.165) is 12.0 Å². The second-order valence-corrected chi connectivity index (χ2v) is 5.34. The minimum absolute atomic E-state index is 0.00128. The number of aliphatic hydroxyl groups is 1. The van der Waals surface area contributed by atoms with Crippen LogP contribution >= 0.6 is 0 Å². The Bertz CT molecular complexity index is 510. The third-order valence-corrected chi connectivity index (χ3v) is 3.79. The van der Waals surface area contributed by atoms with Crippen molar-refractivity contribution >= 4 is 5.91 Å². The van der Waals surface area contributed by atoms with Crippen molar-refractivity contribution in [3.05, 3.63) is 35.4 Å². The zero-order valence-electron chi connectivity index (χ0n) is 11.9. The largest absolute Gasteiger partial charge is 0.395 e. The molecule has 2 unspecified atom stereocenters. The van der Waals surface area contributed by atoms with Crippen molar-refractivity contribution in [3.8, 4) is 11.8 Å². The summed E-state index contributed by atoms with van der Waals surface area (Å²) in [6, 6.07) is 7.61. The van der Waals surface area contributed by atoms with Crippen molar-refractivity contribution in [2.75, 3.05) is 6.61 Å². The van der Waals surface area contributed by atoms with Gasteiger partial charge in [0.25, 0.3) is 5.91 Å². The maximum atomic E-state index is 12.1. The van der Waals surface area contributed by atoms with Crippen molar-refractivity contribution in [1.29, 1.82) is 0 Å². The fraction of sp³-hybridized carbons (Fsp3) is 0.471. The molecule has 2 N–H and O–H groups in total. The number of carbonyl (C=O) groups excluding carboxylic acids is 1. The van der Waals surface area contributed by atoms with Crippen molar-refractivity contribution in [3.63, 3.8) is 0 Å². The van der Waals surface area contributed by atoms with Crippen LogP contribution in [-0.4, -0.2) is 23.7 Å². The Morgan fingerprint density at radius 2 is 2.10 bits per heavy atom. The van der Waals surface area contributed by atoms with Crippen molar-refractivity contribution < 1.29 is 9.90 Å². The number of nitrogens with one attached hydrogen (secondary N) is 1. The van der Waals surface area contributed by atoms with Gasteiger partial charge in [-0.25, -0.2) is 0 Å². The van der Waals surface area contributed by atoms with E-state index in [1.54, 1.807) is 12.1 Å². The van der Waals surface area contributed by atoms with E-state index >= 15 is 0 Å². The molecular formula is C17H21NO2. The molecule has 2 rings (SSSR count). The summed E-state index contributed by atoms with van der Waals surface area (Å²) in [5, 5.41) is 11.8. The maximum absolute atomic E-state index is 12.1. The van der Waals surface area contributed by atoms with E-state index in [1.807, 2.05) is 12.1 Å². The van der Waals surface area contributed by atoms with Crippen LogP contribution in [-0.2, 0) is 0 Å². The van der Waals surface area contributed by atoms with Crippen LogP contribution in [0, 0.1) is 17.8 Å². The summed E-state index contributed by atoms with van der Waals surface area (Å²) in [5.74, 6) is 6.38. The number of amides is 1. The monoisotopic (exact) mass is 271 g/mol. The fourth-order valence-electron chi connectivity index (χ4n) is 2.54. The van der Waals surface area contributed by atoms with Gasteiger partial charge < -0.3 is 10.4 Å². The molecule has 1 aliphatic carbocycles. The van der Waals surface area contributed by atoms with Gasteiger partial charge in [0.05, 0.1) is 6.61 Å². The topological polar surface area (TPSA) is 49.3 Å². The molecule has 3 heteroatoms. The van der Waals surface area contributed by atoms with Gasteiger partial charge in [0.2, 0.25) is 0 Å². The lowest BCUT2D eigenvalue weighted by Crippen LogP contribution is -2.36. The molecule has 1 saturated carbocycles. The summed E-state index contributed by atoms with van der Waals surface area (Å²) in [6.45, 7) is 2.27. The van der Waals surface area contributed by atoms with E-state index in [-0.39, 0.29) is 12.5 Å². The highest BCUT2D eigenvalue weighted by molar-refractivity contribution is 5.94. The van der Waals surface area contributed by atoms with Gasteiger partial charge >= 0.3 is 0 Å². The van der Waals surface area contributed by atoms with E-state index in [9.17, 15) is 4.79 Å². The molecule has 3 nitrogen and oxygen atoms in total. The Morgan fingerprint density at radius 1 is 1.35 bits per heavy atom. The molecule has 0 heterocycles. The zero-order chi connectivity index (χ0) is 14.4. The van der Waals surface area contributed by atoms with E-state index < -0.39 is 0 Å². The minimum Gasteiger partial charge on any atom is -0.395 e. The first-order valence-electron chi connectivity index (χ1n) is 7.21. The second-order valence-electron chi connectivity index (χ2n) is 5.34. The van der Waals surface area contributed by atoms with Crippen molar-refractivity contribution in [2.45, 2.75) is 38.6 Å². The van der Waals surface area contributed by atoms with Crippen molar-refractivity contribution in [2.24, 2.45) is 5.92 Å². The van der Waals surface area contributed by atoms with Crippen LogP contribution in [0.4, 0.5) is 0 Å². The fourth-order valence-corrected chi connectivity index (χ4v) is 2.54. The standard InChI is InChI=1S/C17H21NO2/c1-13-5-4-7-16(13)18-17(20)15-10-8-14(9-11-15)6-2-3-12-19/h8-11,13,16,19H,3-5,7,12H2,1H3,(H,18,20). The van der Waals surface area contributed by atoms with Crippen LogP contribution in [0.15, 0.2) is 24.3 Å². The molecule has 2 atom stereocenters. The van der Waals surface area contributed by atoms with Gasteiger partial charge in [0, 0.05) is 23.6 Å². The van der Waals surface area contributed by atoms with Crippen LogP contribution in [0.3, 0.4) is 0 Å². The molecule has 0 bridgehead atoms. The van der Waals surface area contributed by atoms with Gasteiger partial charge in [-0.05, 0) is 43.0 Å². The van der Waals surface area contributed by atoms with E-state index in [0.29, 0.717) is 23.9 Å². The highest BCUT2D eigenvalue weighted by atomic mass is 16.2. The predicted octanol–water partition coefficient (Wildman–Crippen LogP) is 2.34. The van der Waals surface area contributed by atoms with Crippen LogP contribution in [0.2, 0.25) is 0 Å². The van der Waals surface area contributed by atoms with Crippen LogP contribution < -0.4 is 5.32 Å². The molecular weight excluding hydrogens is 250 g/mol. The molecule has 0 aliphatic heterocycles. The summed E-state index contributed by atoms with van der Waals surface area (Å²) < 4.78 is 0. The number of hydrogen-bond acceptors (Lipinski definition) is 2. The normalized spacial score (nSPS) is 21.1. The minimum atomic E-state index is -0.00128. The van der Waals surface area contributed by atoms with Crippen LogP contribution in [0.1, 0.15) is 48.5 Å². The SMILES string of the molecule is CC1CCCC1NC(=O)c1ccc(C#CCCO)cc1. The Labute approximate surface area is 120 Å². The Kier molecular flexibility index (Phi) is 5.20. The van der Waals surface area contributed by atoms with Gasteiger partial charge in [-0.3, -0.25) is 4.79 Å². The maximum Gasteiger partial charge on any atom is 0.251 e. The first-order valence-corrected chi connectivity index (χ1v) is 7.21. The number of rotatable bonds is 3. The Morgan fingerprint density at radius 3 is 2.70 bits per heavy atom. The van der Waals surface area contributed by atoms with Crippen LogP contribution in [0.5, 0.6) is 0 Å². The van der Waals surface area contributed by atoms with E-state index in [4.69, 9.17) is 5.11 Å². The molecule has 106 valence electrons. The molecule has 1 aliphatic rings. The number of aliphatic hydroxyl groups excluding tert-OH is 1. The van der Waals surface area contributed by atoms with E-state index in [1.165, 1.54) is 12.8 Å². The Hall–Kier alpha value is -1.79. The molecule has 20 heavy (non-hydrogen) atoms. The number of carbonyl (C=O) groups is 1. The molecule has 1 aromatic rings.